The molecule has 27 heavy (non-hydrogen) atoms. The lowest BCUT2D eigenvalue weighted by atomic mass is 10.2. The number of rotatable bonds is 6. The molecule has 1 N–H and O–H groups in total. The van der Waals surface area contributed by atoms with Crippen molar-refractivity contribution in [1.29, 1.82) is 0 Å². The number of nitrogens with one attached hydrogen (secondary N) is 1. The average molecular weight is 471 g/mol. The third-order valence-corrected chi connectivity index (χ3v) is 8.13. The molecular weight excluding hydrogens is 452 g/mol. The Labute approximate surface area is 171 Å². The fourth-order valence-electron chi connectivity index (χ4n) is 2.51. The Hall–Kier alpha value is -1.52. The number of hydrogen-bond donors (Lipinski definition) is 1. The molecule has 1 fully saturated rings. The van der Waals surface area contributed by atoms with Gasteiger partial charge in [-0.2, -0.15) is 4.31 Å². The molecule has 0 aliphatic carbocycles. The molecule has 1 aliphatic rings. The summed E-state index contributed by atoms with van der Waals surface area (Å²) >= 11 is 4.60. The first kappa shape index (κ1) is 20.2. The summed E-state index contributed by atoms with van der Waals surface area (Å²) in [7, 11) is -3.49. The van der Waals surface area contributed by atoms with Gasteiger partial charge in [0.25, 0.3) is 10.0 Å². The van der Waals surface area contributed by atoms with Gasteiger partial charge in [0.2, 0.25) is 5.91 Å². The van der Waals surface area contributed by atoms with E-state index in [-0.39, 0.29) is 16.7 Å². The van der Waals surface area contributed by atoms with Crippen molar-refractivity contribution in [2.75, 3.05) is 26.3 Å². The fourth-order valence-corrected chi connectivity index (χ4v) is 5.79. The second kappa shape index (κ2) is 9.11. The van der Waals surface area contributed by atoms with E-state index in [2.05, 4.69) is 21.2 Å². The minimum Gasteiger partial charge on any atom is -0.379 e. The van der Waals surface area contributed by atoms with E-state index in [0.29, 0.717) is 26.3 Å². The zero-order valence-corrected chi connectivity index (χ0v) is 17.6. The summed E-state index contributed by atoms with van der Waals surface area (Å²) in [5.41, 5.74) is 0.905. The highest BCUT2D eigenvalue weighted by Crippen LogP contribution is 2.25. The average Bonchev–Trinajstić information content (AvgIpc) is 3.16. The SMILES string of the molecule is O=C(/C=C/c1ccccc1Br)NCc1ccc(S(=O)(=O)N2CCOCC2)s1. The van der Waals surface area contributed by atoms with Crippen LogP contribution in [-0.4, -0.2) is 44.9 Å². The van der Waals surface area contributed by atoms with E-state index in [1.807, 2.05) is 24.3 Å². The predicted molar refractivity (Wildman–Crippen MR) is 109 cm³/mol. The van der Waals surface area contributed by atoms with Crippen LogP contribution in [0.2, 0.25) is 0 Å². The van der Waals surface area contributed by atoms with Gasteiger partial charge in [-0.3, -0.25) is 4.79 Å². The Kier molecular flexibility index (Phi) is 6.83. The molecular formula is C18H19BrN2O4S2. The van der Waals surface area contributed by atoms with Gasteiger partial charge in [-0.05, 0) is 29.8 Å². The second-order valence-electron chi connectivity index (χ2n) is 5.81. The predicted octanol–water partition coefficient (Wildman–Crippen LogP) is 2.86. The summed E-state index contributed by atoms with van der Waals surface area (Å²) in [6, 6.07) is 10.9. The lowest BCUT2D eigenvalue weighted by molar-refractivity contribution is -0.116. The Morgan fingerprint density at radius 1 is 1.22 bits per heavy atom. The summed E-state index contributed by atoms with van der Waals surface area (Å²) in [6.45, 7) is 1.84. The van der Waals surface area contributed by atoms with E-state index < -0.39 is 10.0 Å². The summed E-state index contributed by atoms with van der Waals surface area (Å²) in [6.07, 6.45) is 3.18. The molecule has 0 unspecified atom stereocenters. The van der Waals surface area contributed by atoms with Crippen LogP contribution in [0, 0.1) is 0 Å². The topological polar surface area (TPSA) is 75.7 Å². The maximum absolute atomic E-state index is 12.6. The number of thiophene rings is 1. The molecule has 9 heteroatoms. The lowest BCUT2D eigenvalue weighted by Gasteiger charge is -2.25. The van der Waals surface area contributed by atoms with Gasteiger partial charge in [0.1, 0.15) is 4.21 Å². The quantitative estimate of drug-likeness (QED) is 0.658. The largest absolute Gasteiger partial charge is 0.379 e. The normalized spacial score (nSPS) is 15.9. The zero-order chi connectivity index (χ0) is 19.3. The first-order valence-electron chi connectivity index (χ1n) is 8.34. The third kappa shape index (κ3) is 5.26. The van der Waals surface area contributed by atoms with Gasteiger partial charge >= 0.3 is 0 Å². The van der Waals surface area contributed by atoms with Gasteiger partial charge in [0.05, 0.1) is 19.8 Å². The van der Waals surface area contributed by atoms with Crippen molar-refractivity contribution in [3.63, 3.8) is 0 Å². The van der Waals surface area contributed by atoms with Gasteiger partial charge in [-0.15, -0.1) is 11.3 Å². The monoisotopic (exact) mass is 470 g/mol. The van der Waals surface area contributed by atoms with Crippen molar-refractivity contribution in [3.8, 4) is 0 Å². The van der Waals surface area contributed by atoms with Crippen molar-refractivity contribution in [1.82, 2.24) is 9.62 Å². The summed E-state index contributed by atoms with van der Waals surface area (Å²) in [5.74, 6) is -0.239. The van der Waals surface area contributed by atoms with Gasteiger partial charge in [-0.25, -0.2) is 8.42 Å². The number of carbonyl (C=O) groups excluding carboxylic acids is 1. The molecule has 2 aromatic rings. The number of carbonyl (C=O) groups is 1. The number of nitrogens with zero attached hydrogens (tertiary/aromatic N) is 1. The highest BCUT2D eigenvalue weighted by molar-refractivity contribution is 9.10. The highest BCUT2D eigenvalue weighted by Gasteiger charge is 2.27. The van der Waals surface area contributed by atoms with Gasteiger partial charge < -0.3 is 10.1 Å². The molecule has 0 atom stereocenters. The van der Waals surface area contributed by atoms with E-state index in [9.17, 15) is 13.2 Å². The Balaban J connectivity index is 1.58. The molecule has 144 valence electrons. The van der Waals surface area contributed by atoms with Crippen LogP contribution >= 0.6 is 27.3 Å². The second-order valence-corrected chi connectivity index (χ2v) is 10.00. The third-order valence-electron chi connectivity index (χ3n) is 3.96. The molecule has 1 aromatic carbocycles. The highest BCUT2D eigenvalue weighted by atomic mass is 79.9. The van der Waals surface area contributed by atoms with Crippen molar-refractivity contribution < 1.29 is 17.9 Å². The van der Waals surface area contributed by atoms with Crippen LogP contribution in [-0.2, 0) is 26.1 Å². The molecule has 1 saturated heterocycles. The molecule has 0 spiro atoms. The number of ether oxygens (including phenoxy) is 1. The number of amides is 1. The van der Waals surface area contributed by atoms with E-state index in [0.717, 1.165) is 14.9 Å². The molecule has 6 nitrogen and oxygen atoms in total. The van der Waals surface area contributed by atoms with Gasteiger partial charge in [-0.1, -0.05) is 34.1 Å². The molecule has 2 heterocycles. The number of morpholine rings is 1. The van der Waals surface area contributed by atoms with E-state index in [4.69, 9.17) is 4.74 Å². The maximum atomic E-state index is 12.6. The molecule has 1 aliphatic heterocycles. The summed E-state index contributed by atoms with van der Waals surface area (Å²) < 4.78 is 33.1. The number of benzene rings is 1. The van der Waals surface area contributed by atoms with Crippen LogP contribution in [0.15, 0.2) is 51.2 Å². The first-order chi connectivity index (χ1) is 13.0. The van der Waals surface area contributed by atoms with Crippen molar-refractivity contribution in [2.45, 2.75) is 10.8 Å². The van der Waals surface area contributed by atoms with Crippen LogP contribution < -0.4 is 5.32 Å². The van der Waals surface area contributed by atoms with E-state index in [1.54, 1.807) is 18.2 Å². The van der Waals surface area contributed by atoms with Crippen LogP contribution in [0.25, 0.3) is 6.08 Å². The fraction of sp³-hybridized carbons (Fsp3) is 0.278. The molecule has 1 aromatic heterocycles. The molecule has 1 amide bonds. The molecule has 0 bridgehead atoms. The van der Waals surface area contributed by atoms with Crippen LogP contribution in [0.1, 0.15) is 10.4 Å². The van der Waals surface area contributed by atoms with Crippen LogP contribution in [0.5, 0.6) is 0 Å². The molecule has 0 saturated carbocycles. The Morgan fingerprint density at radius 3 is 2.70 bits per heavy atom. The minimum absolute atomic E-state index is 0.239. The number of hydrogen-bond acceptors (Lipinski definition) is 5. The van der Waals surface area contributed by atoms with Gasteiger partial charge in [0.15, 0.2) is 0 Å². The van der Waals surface area contributed by atoms with Crippen molar-refractivity contribution >= 4 is 49.3 Å². The smallest absolute Gasteiger partial charge is 0.252 e. The Morgan fingerprint density at radius 2 is 1.96 bits per heavy atom. The summed E-state index contributed by atoms with van der Waals surface area (Å²) in [4.78, 5) is 12.8. The van der Waals surface area contributed by atoms with Crippen LogP contribution in [0.4, 0.5) is 0 Å². The number of halogens is 1. The van der Waals surface area contributed by atoms with E-state index >= 15 is 0 Å². The van der Waals surface area contributed by atoms with Crippen molar-refractivity contribution in [2.24, 2.45) is 0 Å². The standard InChI is InChI=1S/C18H19BrN2O4S2/c19-16-4-2-1-3-14(16)5-7-17(22)20-13-15-6-8-18(26-15)27(23,24)21-9-11-25-12-10-21/h1-8H,9-13H2,(H,20,22)/b7-5+. The summed E-state index contributed by atoms with van der Waals surface area (Å²) in [5, 5.41) is 2.77. The molecule has 0 radical (unpaired) electrons. The van der Waals surface area contributed by atoms with Gasteiger partial charge in [0, 0.05) is 28.5 Å². The van der Waals surface area contributed by atoms with Crippen LogP contribution in [0.3, 0.4) is 0 Å². The first-order valence-corrected chi connectivity index (χ1v) is 11.4. The van der Waals surface area contributed by atoms with E-state index in [1.165, 1.54) is 21.7 Å². The van der Waals surface area contributed by atoms with Crippen molar-refractivity contribution in [3.05, 3.63) is 57.4 Å². The number of sulfonamides is 1. The zero-order valence-electron chi connectivity index (χ0n) is 14.4. The maximum Gasteiger partial charge on any atom is 0.252 e. The lowest BCUT2D eigenvalue weighted by Crippen LogP contribution is -2.40. The Bertz CT molecular complexity index is 934. The molecule has 3 rings (SSSR count). The minimum atomic E-state index is -3.49.